The summed E-state index contributed by atoms with van der Waals surface area (Å²) in [5, 5.41) is 8.16. The van der Waals surface area contributed by atoms with Crippen LogP contribution in [0.25, 0.3) is 5.69 Å². The molecular weight excluding hydrogens is 378 g/mol. The Hall–Kier alpha value is -1.75. The number of aromatic nitrogens is 2. The van der Waals surface area contributed by atoms with Crippen LogP contribution in [-0.4, -0.2) is 15.7 Å². The fourth-order valence-corrected chi connectivity index (χ4v) is 5.65. The number of benzene rings is 1. The Morgan fingerprint density at radius 1 is 1.17 bits per heavy atom. The number of carbonyl (C=O) groups excluding carboxylic acids is 1. The van der Waals surface area contributed by atoms with E-state index in [2.05, 4.69) is 44.3 Å². The predicted octanol–water partition coefficient (Wildman–Crippen LogP) is 6.17. The quantitative estimate of drug-likeness (QED) is 0.618. The molecular formula is C24H33N3OS. The smallest absolute Gasteiger partial charge is 0.228 e. The van der Waals surface area contributed by atoms with Crippen LogP contribution >= 0.6 is 11.8 Å². The minimum absolute atomic E-state index is 0.140. The largest absolute Gasteiger partial charge is 0.310 e. The van der Waals surface area contributed by atoms with Crippen molar-refractivity contribution < 1.29 is 4.79 Å². The minimum Gasteiger partial charge on any atom is -0.310 e. The molecule has 1 amide bonds. The highest BCUT2D eigenvalue weighted by atomic mass is 32.2. The summed E-state index contributed by atoms with van der Waals surface area (Å²) in [5.41, 5.74) is 5.88. The summed E-state index contributed by atoms with van der Waals surface area (Å²) in [4.78, 5) is 13.1. The first-order valence-corrected chi connectivity index (χ1v) is 12.3. The van der Waals surface area contributed by atoms with Gasteiger partial charge in [0.25, 0.3) is 0 Å². The Morgan fingerprint density at radius 2 is 1.97 bits per heavy atom. The van der Waals surface area contributed by atoms with Gasteiger partial charge in [0.2, 0.25) is 5.91 Å². The Morgan fingerprint density at radius 3 is 2.69 bits per heavy atom. The molecule has 29 heavy (non-hydrogen) atoms. The van der Waals surface area contributed by atoms with Crippen LogP contribution in [0.1, 0.15) is 74.3 Å². The van der Waals surface area contributed by atoms with E-state index in [-0.39, 0.29) is 11.8 Å². The first-order chi connectivity index (χ1) is 14.1. The van der Waals surface area contributed by atoms with Crippen molar-refractivity contribution in [3.05, 3.63) is 40.6 Å². The van der Waals surface area contributed by atoms with Crippen molar-refractivity contribution >= 4 is 23.5 Å². The molecule has 1 aromatic carbocycles. The van der Waals surface area contributed by atoms with E-state index in [9.17, 15) is 4.79 Å². The fraction of sp³-hybridized carbons (Fsp3) is 0.583. The summed E-state index contributed by atoms with van der Waals surface area (Å²) in [6, 6.07) is 6.40. The molecule has 1 fully saturated rings. The summed E-state index contributed by atoms with van der Waals surface area (Å²) in [7, 11) is 0. The molecule has 2 aliphatic rings. The lowest BCUT2D eigenvalue weighted by atomic mass is 9.79. The summed E-state index contributed by atoms with van der Waals surface area (Å²) in [6.07, 6.45) is 8.36. The molecule has 0 unspecified atom stereocenters. The van der Waals surface area contributed by atoms with E-state index < -0.39 is 0 Å². The standard InChI is InChI=1S/C24H33N3OS/c1-4-5-6-18-8-10-19(11-9-18)24(28)25-23-21-14-29-15-22(21)26-27(23)20-12-7-16(2)17(3)13-20/h7,12-13,18-19H,4-6,8-11,14-15H2,1-3H3,(H,25,28). The highest BCUT2D eigenvalue weighted by molar-refractivity contribution is 7.98. The third kappa shape index (κ3) is 4.40. The Kier molecular flexibility index (Phi) is 6.33. The highest BCUT2D eigenvalue weighted by Gasteiger charge is 2.29. The summed E-state index contributed by atoms with van der Waals surface area (Å²) in [6.45, 7) is 6.51. The molecule has 0 radical (unpaired) electrons. The Labute approximate surface area is 178 Å². The van der Waals surface area contributed by atoms with Crippen LogP contribution in [0.2, 0.25) is 0 Å². The molecule has 1 aromatic heterocycles. The van der Waals surface area contributed by atoms with Crippen molar-refractivity contribution in [1.82, 2.24) is 9.78 Å². The lowest BCUT2D eigenvalue weighted by Crippen LogP contribution is -2.28. The number of anilines is 1. The summed E-state index contributed by atoms with van der Waals surface area (Å²) < 4.78 is 1.96. The van der Waals surface area contributed by atoms with Crippen LogP contribution in [0.3, 0.4) is 0 Å². The summed E-state index contributed by atoms with van der Waals surface area (Å²) >= 11 is 1.88. The molecule has 2 aromatic rings. The van der Waals surface area contributed by atoms with Crippen molar-refractivity contribution in [1.29, 1.82) is 0 Å². The summed E-state index contributed by atoms with van der Waals surface area (Å²) in [5.74, 6) is 3.90. The highest BCUT2D eigenvalue weighted by Crippen LogP contribution is 2.38. The molecule has 0 bridgehead atoms. The lowest BCUT2D eigenvalue weighted by molar-refractivity contribution is -0.121. The number of hydrogen-bond donors (Lipinski definition) is 1. The lowest BCUT2D eigenvalue weighted by Gasteiger charge is -2.28. The first-order valence-electron chi connectivity index (χ1n) is 11.1. The van der Waals surface area contributed by atoms with Gasteiger partial charge in [0.05, 0.1) is 11.4 Å². The zero-order valence-corrected chi connectivity index (χ0v) is 18.8. The van der Waals surface area contributed by atoms with Crippen LogP contribution in [0.5, 0.6) is 0 Å². The number of nitrogens with zero attached hydrogens (tertiary/aromatic N) is 2. The Bertz CT molecular complexity index is 880. The molecule has 4 rings (SSSR count). The predicted molar refractivity (Wildman–Crippen MR) is 122 cm³/mol. The molecule has 4 nitrogen and oxygen atoms in total. The maximum Gasteiger partial charge on any atom is 0.228 e. The van der Waals surface area contributed by atoms with Crippen molar-refractivity contribution in [2.45, 2.75) is 77.2 Å². The zero-order valence-electron chi connectivity index (χ0n) is 18.0. The second-order valence-electron chi connectivity index (χ2n) is 8.80. The molecule has 1 aliphatic carbocycles. The van der Waals surface area contributed by atoms with Gasteiger partial charge in [0.1, 0.15) is 5.82 Å². The molecule has 0 saturated heterocycles. The van der Waals surface area contributed by atoms with Gasteiger partial charge in [-0.25, -0.2) is 4.68 Å². The SMILES string of the molecule is CCCCC1CCC(C(=O)Nc2c3c(nn2-c2ccc(C)c(C)c2)CSC3)CC1. The van der Waals surface area contributed by atoms with Crippen molar-refractivity contribution in [3.63, 3.8) is 0 Å². The van der Waals surface area contributed by atoms with Crippen molar-refractivity contribution in [3.8, 4) is 5.69 Å². The molecule has 5 heteroatoms. The van der Waals surface area contributed by atoms with Gasteiger partial charge >= 0.3 is 0 Å². The minimum atomic E-state index is 0.140. The maximum atomic E-state index is 13.1. The number of carbonyl (C=O) groups is 1. The number of aryl methyl sites for hydroxylation is 2. The van der Waals surface area contributed by atoms with Gasteiger partial charge in [-0.05, 0) is 68.7 Å². The topological polar surface area (TPSA) is 46.9 Å². The molecule has 1 saturated carbocycles. The maximum absolute atomic E-state index is 13.1. The molecule has 2 heterocycles. The first kappa shape index (κ1) is 20.5. The van der Waals surface area contributed by atoms with E-state index >= 15 is 0 Å². The van der Waals surface area contributed by atoms with E-state index in [1.54, 1.807) is 0 Å². The third-order valence-corrected chi connectivity index (χ3v) is 7.68. The second kappa shape index (κ2) is 8.95. The van der Waals surface area contributed by atoms with Gasteiger partial charge < -0.3 is 5.32 Å². The monoisotopic (exact) mass is 411 g/mol. The molecule has 0 spiro atoms. The molecule has 156 valence electrons. The van der Waals surface area contributed by atoms with E-state index in [4.69, 9.17) is 5.10 Å². The van der Waals surface area contributed by atoms with E-state index in [0.717, 1.165) is 47.5 Å². The van der Waals surface area contributed by atoms with E-state index in [0.29, 0.717) is 0 Å². The number of unbranched alkanes of at least 4 members (excludes halogenated alkanes) is 1. The van der Waals surface area contributed by atoms with Gasteiger partial charge in [-0.1, -0.05) is 32.3 Å². The number of rotatable bonds is 6. The molecule has 1 N–H and O–H groups in total. The van der Waals surface area contributed by atoms with Crippen molar-refractivity contribution in [2.24, 2.45) is 11.8 Å². The molecule has 1 aliphatic heterocycles. The number of nitrogens with one attached hydrogen (secondary N) is 1. The van der Waals surface area contributed by atoms with Crippen LogP contribution < -0.4 is 5.32 Å². The average Bonchev–Trinajstić information content (AvgIpc) is 3.31. The Balaban J connectivity index is 1.51. The van der Waals surface area contributed by atoms with E-state index in [1.807, 2.05) is 16.4 Å². The third-order valence-electron chi connectivity index (χ3n) is 6.71. The molecule has 0 atom stereocenters. The van der Waals surface area contributed by atoms with Gasteiger partial charge in [0.15, 0.2) is 0 Å². The second-order valence-corrected chi connectivity index (χ2v) is 9.78. The van der Waals surface area contributed by atoms with Gasteiger partial charge in [-0.2, -0.15) is 16.9 Å². The fourth-order valence-electron chi connectivity index (χ4n) is 4.61. The van der Waals surface area contributed by atoms with Crippen LogP contribution in [0.15, 0.2) is 18.2 Å². The van der Waals surface area contributed by atoms with Gasteiger partial charge in [-0.15, -0.1) is 0 Å². The van der Waals surface area contributed by atoms with Crippen LogP contribution in [0.4, 0.5) is 5.82 Å². The number of fused-ring (bicyclic) bond motifs is 1. The average molecular weight is 412 g/mol. The van der Waals surface area contributed by atoms with Gasteiger partial charge in [-0.3, -0.25) is 4.79 Å². The number of thioether (sulfide) groups is 1. The zero-order chi connectivity index (χ0) is 20.4. The van der Waals surface area contributed by atoms with E-state index in [1.165, 1.54) is 48.8 Å². The van der Waals surface area contributed by atoms with Crippen LogP contribution in [0, 0.1) is 25.7 Å². The normalized spacial score (nSPS) is 21.2. The van der Waals surface area contributed by atoms with Crippen molar-refractivity contribution in [2.75, 3.05) is 5.32 Å². The van der Waals surface area contributed by atoms with Crippen LogP contribution in [-0.2, 0) is 16.3 Å². The number of amides is 1. The number of hydrogen-bond acceptors (Lipinski definition) is 3. The van der Waals surface area contributed by atoms with Gasteiger partial charge in [0, 0.05) is 23.0 Å².